The van der Waals surface area contributed by atoms with Gasteiger partial charge in [0, 0.05) is 38.0 Å². The molecule has 0 saturated carbocycles. The largest absolute Gasteiger partial charge is 0.324 e. The fraction of sp³-hybridized carbons (Fsp3) is 0.0526. The number of aromatic nitrogens is 1. The van der Waals surface area contributed by atoms with Crippen molar-refractivity contribution in [1.82, 2.24) is 4.57 Å². The van der Waals surface area contributed by atoms with Gasteiger partial charge in [-0.2, -0.15) is 0 Å². The van der Waals surface area contributed by atoms with E-state index in [4.69, 9.17) is 5.73 Å². The van der Waals surface area contributed by atoms with Gasteiger partial charge in [-0.1, -0.05) is 115 Å². The lowest BCUT2D eigenvalue weighted by molar-refractivity contribution is 0.721. The molecule has 3 heteroatoms. The van der Waals surface area contributed by atoms with Gasteiger partial charge in [0.1, 0.15) is 0 Å². The first kappa shape index (κ1) is 24.1. The van der Waals surface area contributed by atoms with E-state index in [-0.39, 0.29) is 6.04 Å². The maximum atomic E-state index is 6.67. The lowest BCUT2D eigenvalue weighted by Crippen LogP contribution is -2.13. The van der Waals surface area contributed by atoms with Gasteiger partial charge in [-0.15, -0.1) is 11.3 Å². The second-order valence-electron chi connectivity index (χ2n) is 10.8. The molecule has 2 aromatic heterocycles. The molecular weight excluding hydrogens is 516 g/mol. The third kappa shape index (κ3) is 4.05. The Labute approximate surface area is 242 Å². The molecule has 0 spiro atoms. The quantitative estimate of drug-likeness (QED) is 0.230. The average molecular weight is 545 g/mol. The van der Waals surface area contributed by atoms with Gasteiger partial charge in [0.2, 0.25) is 0 Å². The van der Waals surface area contributed by atoms with Gasteiger partial charge in [0.25, 0.3) is 0 Å². The molecule has 0 saturated heterocycles. The van der Waals surface area contributed by atoms with Crippen molar-refractivity contribution in [2.45, 2.75) is 12.5 Å². The molecule has 0 bridgehead atoms. The molecule has 0 aliphatic rings. The summed E-state index contributed by atoms with van der Waals surface area (Å²) in [5, 5.41) is 5.18. The van der Waals surface area contributed by atoms with Crippen molar-refractivity contribution >= 4 is 53.3 Å². The topological polar surface area (TPSA) is 30.9 Å². The lowest BCUT2D eigenvalue weighted by atomic mass is 9.99. The van der Waals surface area contributed by atoms with Crippen molar-refractivity contribution in [3.63, 3.8) is 0 Å². The Morgan fingerprint density at radius 2 is 1.32 bits per heavy atom. The van der Waals surface area contributed by atoms with Gasteiger partial charge in [-0.3, -0.25) is 0 Å². The molecular formula is C38H28N2S. The van der Waals surface area contributed by atoms with Crippen LogP contribution < -0.4 is 5.73 Å². The normalized spacial score (nSPS) is 12.5. The van der Waals surface area contributed by atoms with Crippen LogP contribution in [0.25, 0.3) is 58.8 Å². The highest BCUT2D eigenvalue weighted by atomic mass is 32.1. The van der Waals surface area contributed by atoms with E-state index in [2.05, 4.69) is 138 Å². The minimum absolute atomic E-state index is 0.0522. The number of rotatable bonds is 5. The van der Waals surface area contributed by atoms with Gasteiger partial charge >= 0.3 is 0 Å². The van der Waals surface area contributed by atoms with Crippen LogP contribution in [-0.2, 0) is 6.42 Å². The van der Waals surface area contributed by atoms with Crippen molar-refractivity contribution in [3.8, 4) is 16.8 Å². The summed E-state index contributed by atoms with van der Waals surface area (Å²) >= 11 is 1.89. The summed E-state index contributed by atoms with van der Waals surface area (Å²) in [6, 6.07) is 50.2. The average Bonchev–Trinajstić information content (AvgIpc) is 3.57. The Bertz CT molecular complexity index is 2190. The SMILES string of the molecule is N[C@H](Cc1cccc(-n2c3cc(-c4ccccc4)ccc3c3ccc4c5ccccc5sc4c32)c1)c1ccccc1. The molecule has 0 amide bonds. The highest BCUT2D eigenvalue weighted by molar-refractivity contribution is 7.26. The van der Waals surface area contributed by atoms with E-state index in [1.54, 1.807) is 0 Å². The molecule has 8 aromatic rings. The minimum Gasteiger partial charge on any atom is -0.324 e. The molecule has 1 atom stereocenters. The first-order valence-electron chi connectivity index (χ1n) is 14.1. The number of fused-ring (bicyclic) bond motifs is 7. The fourth-order valence-electron chi connectivity index (χ4n) is 6.25. The summed E-state index contributed by atoms with van der Waals surface area (Å²) in [6.45, 7) is 0. The summed E-state index contributed by atoms with van der Waals surface area (Å²) in [5.74, 6) is 0. The Kier molecular flexibility index (Phi) is 5.73. The van der Waals surface area contributed by atoms with E-state index in [1.165, 1.54) is 58.7 Å². The number of hydrogen-bond acceptors (Lipinski definition) is 2. The second-order valence-corrected chi connectivity index (χ2v) is 11.8. The Morgan fingerprint density at radius 3 is 2.17 bits per heavy atom. The van der Waals surface area contributed by atoms with E-state index < -0.39 is 0 Å². The van der Waals surface area contributed by atoms with Gasteiger partial charge in [-0.05, 0) is 52.9 Å². The Hall–Kier alpha value is -4.70. The smallest absolute Gasteiger partial charge is 0.0719 e. The number of nitrogens with zero attached hydrogens (tertiary/aromatic N) is 1. The molecule has 8 rings (SSSR count). The van der Waals surface area contributed by atoms with Gasteiger partial charge in [0.05, 0.1) is 15.7 Å². The summed E-state index contributed by atoms with van der Waals surface area (Å²) in [7, 11) is 0. The zero-order chi connectivity index (χ0) is 27.3. The van der Waals surface area contributed by atoms with Crippen LogP contribution in [0, 0.1) is 0 Å². The summed E-state index contributed by atoms with van der Waals surface area (Å²) < 4.78 is 5.12. The molecule has 2 N–H and O–H groups in total. The van der Waals surface area contributed by atoms with E-state index >= 15 is 0 Å². The van der Waals surface area contributed by atoms with Gasteiger partial charge in [0.15, 0.2) is 0 Å². The maximum absolute atomic E-state index is 6.67. The molecule has 196 valence electrons. The van der Waals surface area contributed by atoms with Gasteiger partial charge in [-0.25, -0.2) is 0 Å². The van der Waals surface area contributed by atoms with E-state index in [0.717, 1.165) is 17.7 Å². The van der Waals surface area contributed by atoms with Crippen molar-refractivity contribution in [2.24, 2.45) is 5.73 Å². The van der Waals surface area contributed by atoms with Crippen LogP contribution in [0.15, 0.2) is 140 Å². The molecule has 6 aromatic carbocycles. The standard InChI is InChI=1S/C38H28N2S/c39-34(27-13-5-2-6-14-27)23-25-10-9-15-29(22-25)40-35-24-28(26-11-3-1-4-12-26)18-19-30(35)32-20-21-33-31-16-7-8-17-36(31)41-38(33)37(32)40/h1-22,24,34H,23,39H2/t34-/m1/s1. The first-order chi connectivity index (χ1) is 20.2. The van der Waals surface area contributed by atoms with Gasteiger partial charge < -0.3 is 10.3 Å². The molecule has 0 fully saturated rings. The Morgan fingerprint density at radius 1 is 0.585 bits per heavy atom. The van der Waals surface area contributed by atoms with Crippen molar-refractivity contribution in [3.05, 3.63) is 151 Å². The molecule has 41 heavy (non-hydrogen) atoms. The highest BCUT2D eigenvalue weighted by Crippen LogP contribution is 2.43. The number of thiophene rings is 1. The number of benzene rings is 6. The van der Waals surface area contributed by atoms with Crippen LogP contribution in [0.2, 0.25) is 0 Å². The van der Waals surface area contributed by atoms with E-state index in [0.29, 0.717) is 0 Å². The van der Waals surface area contributed by atoms with Crippen LogP contribution in [0.4, 0.5) is 0 Å². The Balaban J connectivity index is 1.39. The molecule has 2 nitrogen and oxygen atoms in total. The van der Waals surface area contributed by atoms with E-state index in [9.17, 15) is 0 Å². The van der Waals surface area contributed by atoms with Crippen LogP contribution in [0.1, 0.15) is 17.2 Å². The van der Waals surface area contributed by atoms with E-state index in [1.807, 2.05) is 17.4 Å². The molecule has 0 aliphatic carbocycles. The monoisotopic (exact) mass is 544 g/mol. The predicted octanol–water partition coefficient (Wildman–Crippen LogP) is 10.1. The molecule has 0 aliphatic heterocycles. The van der Waals surface area contributed by atoms with Crippen molar-refractivity contribution < 1.29 is 0 Å². The van der Waals surface area contributed by atoms with Crippen molar-refractivity contribution in [1.29, 1.82) is 0 Å². The minimum atomic E-state index is -0.0522. The molecule has 0 unspecified atom stereocenters. The highest BCUT2D eigenvalue weighted by Gasteiger charge is 2.19. The summed E-state index contributed by atoms with van der Waals surface area (Å²) in [6.07, 6.45) is 0.780. The summed E-state index contributed by atoms with van der Waals surface area (Å²) in [4.78, 5) is 0. The molecule has 0 radical (unpaired) electrons. The first-order valence-corrected chi connectivity index (χ1v) is 14.9. The predicted molar refractivity (Wildman–Crippen MR) is 176 cm³/mol. The maximum Gasteiger partial charge on any atom is 0.0719 e. The third-order valence-electron chi connectivity index (χ3n) is 8.23. The third-order valence-corrected chi connectivity index (χ3v) is 9.43. The van der Waals surface area contributed by atoms with Crippen LogP contribution in [-0.4, -0.2) is 4.57 Å². The fourth-order valence-corrected chi connectivity index (χ4v) is 7.49. The second kappa shape index (κ2) is 9.74. The van der Waals surface area contributed by atoms with Crippen LogP contribution >= 0.6 is 11.3 Å². The molecule has 2 heterocycles. The lowest BCUT2D eigenvalue weighted by Gasteiger charge is -2.15. The van der Waals surface area contributed by atoms with Crippen LogP contribution in [0.5, 0.6) is 0 Å². The zero-order valence-corrected chi connectivity index (χ0v) is 23.3. The van der Waals surface area contributed by atoms with Crippen molar-refractivity contribution in [2.75, 3.05) is 0 Å². The summed E-state index contributed by atoms with van der Waals surface area (Å²) in [5.41, 5.74) is 15.2. The van der Waals surface area contributed by atoms with Crippen LogP contribution in [0.3, 0.4) is 0 Å². The zero-order valence-electron chi connectivity index (χ0n) is 22.5. The number of nitrogens with two attached hydrogens (primary N) is 1. The number of hydrogen-bond donors (Lipinski definition) is 1.